The second kappa shape index (κ2) is 9.14. The lowest BCUT2D eigenvalue weighted by Gasteiger charge is -2.07. The molecule has 0 aliphatic rings. The molecule has 1 heterocycles. The monoisotopic (exact) mass is 411 g/mol. The second-order valence-corrected chi connectivity index (χ2v) is 6.47. The Morgan fingerprint density at radius 1 is 1.04 bits per heavy atom. The summed E-state index contributed by atoms with van der Waals surface area (Å²) >= 11 is 4.63. The maximum absolute atomic E-state index is 11.7. The van der Waals surface area contributed by atoms with Crippen molar-refractivity contribution < 1.29 is 18.8 Å². The summed E-state index contributed by atoms with van der Waals surface area (Å²) in [6.07, 6.45) is 1.46. The number of hydrogen-bond acceptors (Lipinski definition) is 5. The van der Waals surface area contributed by atoms with Crippen molar-refractivity contribution in [3.63, 3.8) is 0 Å². The summed E-state index contributed by atoms with van der Waals surface area (Å²) in [4.78, 5) is 35.6. The van der Waals surface area contributed by atoms with Crippen molar-refractivity contribution >= 4 is 45.4 Å². The molecular weight excluding hydrogens is 398 g/mol. The van der Waals surface area contributed by atoms with Crippen LogP contribution in [0.1, 0.15) is 5.76 Å². The highest BCUT2D eigenvalue weighted by atomic mass is 79.9. The fourth-order valence-corrected chi connectivity index (χ4v) is 2.52. The van der Waals surface area contributed by atoms with Gasteiger partial charge in [-0.1, -0.05) is 15.9 Å². The normalized spacial score (nSPS) is 10.0. The van der Waals surface area contributed by atoms with Crippen LogP contribution in [0.4, 0.5) is 0 Å². The molecule has 0 bridgehead atoms. The van der Waals surface area contributed by atoms with Crippen LogP contribution in [0.25, 0.3) is 0 Å². The van der Waals surface area contributed by atoms with Crippen LogP contribution in [-0.4, -0.2) is 23.5 Å². The standard InChI is InChI=1S/C15H14BrN3O4S/c16-10-3-5-12(6-4-10)24-9-13(20)18-19-15(22)14(21)17-8-11-2-1-7-23-11/h1-7H,8-9H2,(H,17,21)(H,18,20)(H,19,22). The third-order valence-electron chi connectivity index (χ3n) is 2.71. The molecule has 0 saturated carbocycles. The smallest absolute Gasteiger partial charge is 0.327 e. The minimum absolute atomic E-state index is 0.0899. The molecule has 0 radical (unpaired) electrons. The lowest BCUT2D eigenvalue weighted by molar-refractivity contribution is -0.140. The molecule has 0 aliphatic carbocycles. The highest BCUT2D eigenvalue weighted by molar-refractivity contribution is 9.10. The van der Waals surface area contributed by atoms with Crippen LogP contribution in [-0.2, 0) is 20.9 Å². The zero-order chi connectivity index (χ0) is 17.4. The van der Waals surface area contributed by atoms with E-state index in [1.165, 1.54) is 18.0 Å². The van der Waals surface area contributed by atoms with Gasteiger partial charge >= 0.3 is 11.8 Å². The number of carbonyl (C=O) groups is 3. The summed E-state index contributed by atoms with van der Waals surface area (Å²) in [6, 6.07) is 10.8. The van der Waals surface area contributed by atoms with E-state index in [0.717, 1.165) is 9.37 Å². The van der Waals surface area contributed by atoms with E-state index in [1.807, 2.05) is 24.3 Å². The zero-order valence-electron chi connectivity index (χ0n) is 12.4. The molecule has 2 aromatic rings. The zero-order valence-corrected chi connectivity index (χ0v) is 14.8. The molecule has 126 valence electrons. The molecule has 0 unspecified atom stereocenters. The molecule has 24 heavy (non-hydrogen) atoms. The predicted octanol–water partition coefficient (Wildman–Crippen LogP) is 1.60. The Morgan fingerprint density at radius 3 is 2.46 bits per heavy atom. The van der Waals surface area contributed by atoms with Crippen molar-refractivity contribution in [1.29, 1.82) is 0 Å². The van der Waals surface area contributed by atoms with Gasteiger partial charge in [-0.05, 0) is 36.4 Å². The maximum Gasteiger partial charge on any atom is 0.327 e. The molecule has 0 aliphatic heterocycles. The van der Waals surface area contributed by atoms with E-state index >= 15 is 0 Å². The summed E-state index contributed by atoms with van der Waals surface area (Å²) in [7, 11) is 0. The number of halogens is 1. The highest BCUT2D eigenvalue weighted by Gasteiger charge is 2.14. The van der Waals surface area contributed by atoms with Crippen LogP contribution in [0, 0.1) is 0 Å². The van der Waals surface area contributed by atoms with Crippen LogP contribution in [0.3, 0.4) is 0 Å². The number of amides is 3. The van der Waals surface area contributed by atoms with Crippen molar-refractivity contribution in [1.82, 2.24) is 16.2 Å². The number of rotatable bonds is 5. The fraction of sp³-hybridized carbons (Fsp3) is 0.133. The third kappa shape index (κ3) is 6.09. The van der Waals surface area contributed by atoms with Gasteiger partial charge in [0.05, 0.1) is 18.6 Å². The first kappa shape index (κ1) is 18.1. The van der Waals surface area contributed by atoms with Gasteiger partial charge in [0.2, 0.25) is 5.91 Å². The number of benzene rings is 1. The Bertz CT molecular complexity index is 704. The van der Waals surface area contributed by atoms with Crippen LogP contribution in [0.5, 0.6) is 0 Å². The molecule has 1 aromatic heterocycles. The molecule has 3 amide bonds. The van der Waals surface area contributed by atoms with Gasteiger partial charge in [0.15, 0.2) is 0 Å². The molecule has 0 spiro atoms. The number of nitrogens with one attached hydrogen (secondary N) is 3. The minimum atomic E-state index is -0.955. The first-order valence-electron chi connectivity index (χ1n) is 6.82. The molecule has 9 heteroatoms. The Labute approximate surface area is 150 Å². The largest absolute Gasteiger partial charge is 0.467 e. The lowest BCUT2D eigenvalue weighted by atomic mass is 10.4. The lowest BCUT2D eigenvalue weighted by Crippen LogP contribution is -2.48. The highest BCUT2D eigenvalue weighted by Crippen LogP contribution is 2.20. The van der Waals surface area contributed by atoms with E-state index in [2.05, 4.69) is 32.1 Å². The SMILES string of the molecule is O=C(CSc1ccc(Br)cc1)NNC(=O)C(=O)NCc1ccco1. The van der Waals surface area contributed by atoms with Gasteiger partial charge in [-0.2, -0.15) is 0 Å². The summed E-state index contributed by atoms with van der Waals surface area (Å²) < 4.78 is 5.97. The minimum Gasteiger partial charge on any atom is -0.467 e. The van der Waals surface area contributed by atoms with E-state index in [1.54, 1.807) is 12.1 Å². The first-order valence-corrected chi connectivity index (χ1v) is 8.60. The molecule has 1 aromatic carbocycles. The van der Waals surface area contributed by atoms with Gasteiger partial charge in [-0.25, -0.2) is 0 Å². The van der Waals surface area contributed by atoms with Crippen molar-refractivity contribution in [3.8, 4) is 0 Å². The van der Waals surface area contributed by atoms with Crippen molar-refractivity contribution in [2.75, 3.05) is 5.75 Å². The molecular formula is C15H14BrN3O4S. The van der Waals surface area contributed by atoms with Crippen molar-refractivity contribution in [2.24, 2.45) is 0 Å². The third-order valence-corrected chi connectivity index (χ3v) is 4.25. The van der Waals surface area contributed by atoms with Crippen LogP contribution >= 0.6 is 27.7 Å². The van der Waals surface area contributed by atoms with E-state index in [4.69, 9.17) is 4.42 Å². The summed E-state index contributed by atoms with van der Waals surface area (Å²) in [6.45, 7) is 0.0899. The number of furan rings is 1. The summed E-state index contributed by atoms with van der Waals surface area (Å²) in [5.74, 6) is -1.62. The van der Waals surface area contributed by atoms with E-state index in [0.29, 0.717) is 5.76 Å². The Hall–Kier alpha value is -2.26. The van der Waals surface area contributed by atoms with E-state index < -0.39 is 17.7 Å². The number of hydrazine groups is 1. The average Bonchev–Trinajstić information content (AvgIpc) is 3.10. The van der Waals surface area contributed by atoms with Crippen molar-refractivity contribution in [2.45, 2.75) is 11.4 Å². The molecule has 0 atom stereocenters. The fourth-order valence-electron chi connectivity index (χ4n) is 1.56. The van der Waals surface area contributed by atoms with E-state index in [9.17, 15) is 14.4 Å². The van der Waals surface area contributed by atoms with Crippen LogP contribution in [0.2, 0.25) is 0 Å². The van der Waals surface area contributed by atoms with Crippen LogP contribution < -0.4 is 16.2 Å². The van der Waals surface area contributed by atoms with Crippen molar-refractivity contribution in [3.05, 3.63) is 52.9 Å². The first-order chi connectivity index (χ1) is 11.5. The topological polar surface area (TPSA) is 100 Å². The molecule has 0 saturated heterocycles. The van der Waals surface area contributed by atoms with Gasteiger partial charge in [0.25, 0.3) is 0 Å². The Kier molecular flexibility index (Phi) is 6.89. The quantitative estimate of drug-likeness (QED) is 0.394. The van der Waals surface area contributed by atoms with Gasteiger partial charge < -0.3 is 9.73 Å². The summed E-state index contributed by atoms with van der Waals surface area (Å²) in [5, 5.41) is 2.37. The number of thioether (sulfide) groups is 1. The number of hydrogen-bond donors (Lipinski definition) is 3. The van der Waals surface area contributed by atoms with Gasteiger partial charge in [0.1, 0.15) is 5.76 Å². The van der Waals surface area contributed by atoms with E-state index in [-0.39, 0.29) is 12.3 Å². The van der Waals surface area contributed by atoms with Gasteiger partial charge in [0, 0.05) is 9.37 Å². The second-order valence-electron chi connectivity index (χ2n) is 4.51. The predicted molar refractivity (Wildman–Crippen MR) is 91.7 cm³/mol. The maximum atomic E-state index is 11.7. The number of carbonyl (C=O) groups excluding carboxylic acids is 3. The molecule has 7 nitrogen and oxygen atoms in total. The van der Waals surface area contributed by atoms with Gasteiger partial charge in [-0.15, -0.1) is 11.8 Å². The molecule has 3 N–H and O–H groups in total. The molecule has 2 rings (SSSR count). The van der Waals surface area contributed by atoms with Crippen LogP contribution in [0.15, 0.2) is 56.4 Å². The average molecular weight is 412 g/mol. The van der Waals surface area contributed by atoms with Gasteiger partial charge in [-0.3, -0.25) is 25.2 Å². The summed E-state index contributed by atoms with van der Waals surface area (Å²) in [5.41, 5.74) is 4.24. The Morgan fingerprint density at radius 2 is 1.79 bits per heavy atom. The Balaban J connectivity index is 1.65. The molecule has 0 fully saturated rings.